The monoisotopic (exact) mass is 186 g/mol. The third-order valence-electron chi connectivity index (χ3n) is 1.45. The van der Waals surface area contributed by atoms with Gasteiger partial charge in [0.15, 0.2) is 9.84 Å². The maximum Gasteiger partial charge on any atom is 0.225 e. The van der Waals surface area contributed by atoms with Crippen molar-refractivity contribution in [3.8, 4) is 5.75 Å². The molecule has 0 aliphatic carbocycles. The number of hydrogen-bond donors (Lipinski definition) is 0. The highest BCUT2D eigenvalue weighted by Gasteiger charge is 2.06. The Morgan fingerprint density at radius 1 is 1.25 bits per heavy atom. The van der Waals surface area contributed by atoms with Crippen molar-refractivity contribution in [2.45, 2.75) is 4.90 Å². The lowest BCUT2D eigenvalue weighted by molar-refractivity contribution is 0.186. The van der Waals surface area contributed by atoms with Crippen LogP contribution in [-0.4, -0.2) is 19.4 Å². The van der Waals surface area contributed by atoms with Crippen LogP contribution in [0.5, 0.6) is 5.75 Å². The summed E-state index contributed by atoms with van der Waals surface area (Å²) in [5.74, 6) is 0.669. The van der Waals surface area contributed by atoms with E-state index in [9.17, 15) is 8.42 Å². The highest BCUT2D eigenvalue weighted by Crippen LogP contribution is 2.15. The molecule has 0 aliphatic rings. The Hall–Kier alpha value is -1.03. The summed E-state index contributed by atoms with van der Waals surface area (Å²) in [4.78, 5) is 0.301. The van der Waals surface area contributed by atoms with E-state index in [2.05, 4.69) is 11.8 Å². The van der Waals surface area contributed by atoms with E-state index in [0.717, 1.165) is 0 Å². The van der Waals surface area contributed by atoms with Crippen LogP contribution in [0.2, 0.25) is 0 Å². The lowest BCUT2D eigenvalue weighted by atomic mass is 10.3. The molecule has 0 unspecified atom stereocenters. The second-order valence-corrected chi connectivity index (χ2v) is 4.44. The van der Waals surface area contributed by atoms with Gasteiger partial charge >= 0.3 is 0 Å². The Labute approximate surface area is 71.9 Å². The smallest absolute Gasteiger partial charge is 0.225 e. The van der Waals surface area contributed by atoms with E-state index in [1.54, 1.807) is 12.1 Å². The summed E-state index contributed by atoms with van der Waals surface area (Å²) in [6.07, 6.45) is 1.17. The minimum Gasteiger partial charge on any atom is -0.722 e. The molecule has 0 fully saturated rings. The van der Waals surface area contributed by atoms with Crippen LogP contribution in [0.25, 0.3) is 0 Å². The summed E-state index contributed by atoms with van der Waals surface area (Å²) >= 11 is 0. The molecule has 1 aromatic rings. The Bertz CT molecular complexity index is 350. The molecule has 1 aromatic carbocycles. The van der Waals surface area contributed by atoms with Gasteiger partial charge in [0.2, 0.25) is 5.75 Å². The number of ether oxygens (including phenoxy) is 1. The zero-order valence-corrected chi connectivity index (χ0v) is 7.50. The fourth-order valence-electron chi connectivity index (χ4n) is 0.799. The van der Waals surface area contributed by atoms with E-state index in [1.165, 1.54) is 18.4 Å². The molecule has 3 nitrogen and oxygen atoms in total. The number of sulfone groups is 1. The van der Waals surface area contributed by atoms with Gasteiger partial charge in [-0.2, -0.15) is 0 Å². The van der Waals surface area contributed by atoms with Gasteiger partial charge in [-0.1, -0.05) is 0 Å². The van der Waals surface area contributed by atoms with Gasteiger partial charge < -0.3 is 4.74 Å². The largest absolute Gasteiger partial charge is 0.722 e. The first-order valence-electron chi connectivity index (χ1n) is 3.31. The highest BCUT2D eigenvalue weighted by atomic mass is 32.2. The standard InChI is InChI=1S/C8H10O3S/c1-11-7-3-5-8(6-4-7)12(2,9)10/h3-6,11H,1H2,2H3. The average molecular weight is 186 g/mol. The zero-order chi connectivity index (χ0) is 9.19. The van der Waals surface area contributed by atoms with Gasteiger partial charge in [-0.15, -0.1) is 0 Å². The van der Waals surface area contributed by atoms with Gasteiger partial charge in [0, 0.05) is 18.4 Å². The van der Waals surface area contributed by atoms with E-state index >= 15 is 0 Å². The summed E-state index contributed by atoms with van der Waals surface area (Å²) < 4.78 is 25.6. The maximum atomic E-state index is 11.0. The van der Waals surface area contributed by atoms with Crippen LogP contribution >= 0.6 is 0 Å². The van der Waals surface area contributed by atoms with E-state index < -0.39 is 9.84 Å². The summed E-state index contributed by atoms with van der Waals surface area (Å²) in [5, 5.41) is 0. The molecule has 4 heteroatoms. The van der Waals surface area contributed by atoms with E-state index in [1.807, 2.05) is 0 Å². The van der Waals surface area contributed by atoms with Gasteiger partial charge in [0.05, 0.1) is 4.90 Å². The topological polar surface area (TPSA) is 46.9 Å². The highest BCUT2D eigenvalue weighted by molar-refractivity contribution is 7.90. The molecule has 1 rings (SSSR count). The fraction of sp³-hybridized carbons (Fsp3) is 0.125. The number of hydrogen-bond acceptors (Lipinski definition) is 2. The van der Waals surface area contributed by atoms with Crippen molar-refractivity contribution in [2.75, 3.05) is 6.26 Å². The molecule has 0 amide bonds. The molecular weight excluding hydrogens is 176 g/mol. The molecule has 66 valence electrons. The van der Waals surface area contributed by atoms with Crippen molar-refractivity contribution in [3.05, 3.63) is 31.4 Å². The van der Waals surface area contributed by atoms with Crippen LogP contribution in [0.4, 0.5) is 0 Å². The Morgan fingerprint density at radius 3 is 2.08 bits per heavy atom. The van der Waals surface area contributed by atoms with Crippen molar-refractivity contribution >= 4 is 9.84 Å². The minimum absolute atomic E-state index is 0.301. The van der Waals surface area contributed by atoms with Crippen molar-refractivity contribution in [3.63, 3.8) is 0 Å². The summed E-state index contributed by atoms with van der Waals surface area (Å²) in [6, 6.07) is 6.26. The predicted molar refractivity (Wildman–Crippen MR) is 46.6 cm³/mol. The van der Waals surface area contributed by atoms with Crippen LogP contribution in [0, 0.1) is 7.11 Å². The second-order valence-electron chi connectivity index (χ2n) is 2.42. The molecule has 0 bridgehead atoms. The Kier molecular flexibility index (Phi) is 2.38. The Balaban J connectivity index is 3.09. The lowest BCUT2D eigenvalue weighted by Crippen LogP contribution is -1.95. The van der Waals surface area contributed by atoms with Crippen LogP contribution in [-0.2, 0) is 9.84 Å². The number of benzene rings is 1. The first kappa shape index (κ1) is 9.06. The normalized spacial score (nSPS) is 11.2. The first-order chi connectivity index (χ1) is 5.54. The van der Waals surface area contributed by atoms with Gasteiger partial charge in [-0.3, -0.25) is 0 Å². The third kappa shape index (κ3) is 1.98. The Morgan fingerprint density at radius 2 is 1.75 bits per heavy atom. The molecule has 0 atom stereocenters. The van der Waals surface area contributed by atoms with Crippen LogP contribution in [0.15, 0.2) is 29.2 Å². The number of rotatable bonds is 2. The SMILES string of the molecule is [CH2-][OH+]c1ccc(S(C)(=O)=O)cc1. The van der Waals surface area contributed by atoms with E-state index in [0.29, 0.717) is 10.6 Å². The van der Waals surface area contributed by atoms with Crippen LogP contribution in [0.3, 0.4) is 0 Å². The van der Waals surface area contributed by atoms with Gasteiger partial charge in [-0.05, 0) is 19.2 Å². The molecule has 0 aromatic heterocycles. The molecule has 0 heterocycles. The van der Waals surface area contributed by atoms with Crippen molar-refractivity contribution in [1.29, 1.82) is 0 Å². The summed E-state index contributed by atoms with van der Waals surface area (Å²) in [5.41, 5.74) is 0. The molecule has 0 aliphatic heterocycles. The zero-order valence-electron chi connectivity index (χ0n) is 6.69. The number of aromatic hydroxyl groups is 1. The van der Waals surface area contributed by atoms with Crippen molar-refractivity contribution < 1.29 is 13.2 Å². The predicted octanol–water partition coefficient (Wildman–Crippen LogP) is 1.12. The van der Waals surface area contributed by atoms with Gasteiger partial charge in [-0.25, -0.2) is 8.42 Å². The summed E-state index contributed by atoms with van der Waals surface area (Å²) in [6.45, 7) is 0. The second kappa shape index (κ2) is 3.15. The first-order valence-corrected chi connectivity index (χ1v) is 5.20. The van der Waals surface area contributed by atoms with E-state index in [4.69, 9.17) is 0 Å². The molecule has 0 saturated carbocycles. The maximum absolute atomic E-state index is 11.0. The minimum atomic E-state index is -3.09. The molecule has 0 spiro atoms. The van der Waals surface area contributed by atoms with Gasteiger partial charge in [0.1, 0.15) is 0 Å². The van der Waals surface area contributed by atoms with Crippen molar-refractivity contribution in [1.82, 2.24) is 0 Å². The quantitative estimate of drug-likeness (QED) is 0.513. The van der Waals surface area contributed by atoms with E-state index in [-0.39, 0.29) is 0 Å². The average Bonchev–Trinajstić information content (AvgIpc) is 2.03. The number of aliphatic hydroxyl groups is 1. The molecule has 12 heavy (non-hydrogen) atoms. The van der Waals surface area contributed by atoms with Crippen LogP contribution < -0.4 is 0 Å². The molecule has 1 N–H and O–H groups in total. The van der Waals surface area contributed by atoms with Crippen molar-refractivity contribution in [2.24, 2.45) is 0 Å². The molecule has 0 radical (unpaired) electrons. The van der Waals surface area contributed by atoms with Crippen LogP contribution in [0.1, 0.15) is 0 Å². The molecular formula is C8H10O3S. The molecule has 0 saturated heterocycles. The fourth-order valence-corrected chi connectivity index (χ4v) is 1.43. The lowest BCUT2D eigenvalue weighted by Gasteiger charge is -2.02. The summed E-state index contributed by atoms with van der Waals surface area (Å²) in [7, 11) is 0.233. The third-order valence-corrected chi connectivity index (χ3v) is 2.58. The van der Waals surface area contributed by atoms with Gasteiger partial charge in [0.25, 0.3) is 0 Å².